The van der Waals surface area contributed by atoms with Gasteiger partial charge in [-0.2, -0.15) is 0 Å². The fourth-order valence-electron chi connectivity index (χ4n) is 1.83. The van der Waals surface area contributed by atoms with E-state index in [1.807, 2.05) is 0 Å². The van der Waals surface area contributed by atoms with Crippen LogP contribution in [0.15, 0.2) is 0 Å². The van der Waals surface area contributed by atoms with E-state index in [1.54, 1.807) is 0 Å². The van der Waals surface area contributed by atoms with E-state index >= 15 is 0 Å². The zero-order chi connectivity index (χ0) is 9.73. The van der Waals surface area contributed by atoms with Gasteiger partial charge in [-0.15, -0.1) is 0 Å². The second-order valence-electron chi connectivity index (χ2n) is 3.78. The molecule has 0 radical (unpaired) electrons. The highest BCUT2D eigenvalue weighted by Gasteiger charge is 2.30. The van der Waals surface area contributed by atoms with Crippen LogP contribution in [0.3, 0.4) is 0 Å². The Bertz CT molecular complexity index is 165. The number of aliphatic hydroxyl groups excluding tert-OH is 1. The van der Waals surface area contributed by atoms with E-state index in [2.05, 4.69) is 5.32 Å². The molecule has 13 heavy (non-hydrogen) atoms. The van der Waals surface area contributed by atoms with Gasteiger partial charge >= 0.3 is 0 Å². The molecule has 1 fully saturated rings. The number of hydrogen-bond acceptors (Lipinski definition) is 4. The lowest BCUT2D eigenvalue weighted by Crippen LogP contribution is -2.52. The Morgan fingerprint density at radius 3 is 2.54 bits per heavy atom. The first-order valence-electron chi connectivity index (χ1n) is 4.83. The summed E-state index contributed by atoms with van der Waals surface area (Å²) in [6, 6.07) is 0. The molecule has 4 nitrogen and oxygen atoms in total. The maximum absolute atomic E-state index is 10.9. The molecule has 0 spiro atoms. The van der Waals surface area contributed by atoms with E-state index in [9.17, 15) is 4.79 Å². The fraction of sp³-hybridized carbons (Fsp3) is 0.889. The highest BCUT2D eigenvalue weighted by Crippen LogP contribution is 2.26. The molecule has 76 valence electrons. The van der Waals surface area contributed by atoms with Crippen LogP contribution in [0.4, 0.5) is 0 Å². The van der Waals surface area contributed by atoms with Gasteiger partial charge in [-0.3, -0.25) is 0 Å². The van der Waals surface area contributed by atoms with Gasteiger partial charge in [-0.1, -0.05) is 19.3 Å². The van der Waals surface area contributed by atoms with Gasteiger partial charge in [0, 0.05) is 6.54 Å². The quantitative estimate of drug-likeness (QED) is 0.418. The number of carbonyl (C=O) groups is 1. The Balaban J connectivity index is 2.42. The van der Waals surface area contributed by atoms with Gasteiger partial charge in [0.15, 0.2) is 0 Å². The Kier molecular flexibility index (Phi) is 3.84. The van der Waals surface area contributed by atoms with Gasteiger partial charge in [0.25, 0.3) is 0 Å². The van der Waals surface area contributed by atoms with Crippen molar-refractivity contribution in [2.45, 2.75) is 43.9 Å². The number of aldehydes is 1. The van der Waals surface area contributed by atoms with Crippen molar-refractivity contribution in [3.05, 3.63) is 0 Å². The molecule has 0 saturated heterocycles. The van der Waals surface area contributed by atoms with Crippen LogP contribution >= 0.6 is 0 Å². The number of carbonyl (C=O) groups excluding carboxylic acids is 1. The molecule has 1 saturated carbocycles. The van der Waals surface area contributed by atoms with Crippen LogP contribution in [0.1, 0.15) is 32.1 Å². The summed E-state index contributed by atoms with van der Waals surface area (Å²) in [6.45, 7) is 0.290. The summed E-state index contributed by atoms with van der Waals surface area (Å²) in [7, 11) is 0. The zero-order valence-corrected chi connectivity index (χ0v) is 7.83. The lowest BCUT2D eigenvalue weighted by Gasteiger charge is -2.33. The second-order valence-corrected chi connectivity index (χ2v) is 3.78. The minimum Gasteiger partial charge on any atom is -0.377 e. The van der Waals surface area contributed by atoms with Crippen molar-refractivity contribution in [2.75, 3.05) is 6.54 Å². The van der Waals surface area contributed by atoms with Crippen LogP contribution in [-0.4, -0.2) is 29.7 Å². The van der Waals surface area contributed by atoms with Gasteiger partial charge in [0.05, 0.1) is 5.54 Å². The Hall–Kier alpha value is -0.450. The molecule has 1 rings (SSSR count). The largest absolute Gasteiger partial charge is 0.377 e. The van der Waals surface area contributed by atoms with E-state index in [-0.39, 0.29) is 0 Å². The normalized spacial score (nSPS) is 23.8. The first-order valence-corrected chi connectivity index (χ1v) is 4.83. The van der Waals surface area contributed by atoms with Crippen LogP contribution in [0.25, 0.3) is 0 Å². The molecule has 0 aromatic rings. The van der Waals surface area contributed by atoms with Crippen molar-refractivity contribution in [3.63, 3.8) is 0 Å². The first kappa shape index (κ1) is 10.6. The van der Waals surface area contributed by atoms with Gasteiger partial charge in [0.1, 0.15) is 12.5 Å². The molecule has 4 heteroatoms. The fourth-order valence-corrected chi connectivity index (χ4v) is 1.83. The molecular weight excluding hydrogens is 168 g/mol. The van der Waals surface area contributed by atoms with Gasteiger partial charge < -0.3 is 21.0 Å². The van der Waals surface area contributed by atoms with Crippen LogP contribution < -0.4 is 11.1 Å². The van der Waals surface area contributed by atoms with Gasteiger partial charge in [-0.05, 0) is 12.8 Å². The molecular formula is C9H18N2O2. The summed E-state index contributed by atoms with van der Waals surface area (Å²) in [5.41, 5.74) is 4.78. The predicted molar refractivity (Wildman–Crippen MR) is 50.1 cm³/mol. The summed E-state index contributed by atoms with van der Waals surface area (Å²) in [5.74, 6) is 0. The van der Waals surface area contributed by atoms with Crippen molar-refractivity contribution in [3.8, 4) is 0 Å². The SMILES string of the molecule is NC(O)CNC1(C=O)CCCCC1. The van der Waals surface area contributed by atoms with E-state index in [1.165, 1.54) is 6.42 Å². The average Bonchev–Trinajstić information content (AvgIpc) is 2.16. The van der Waals surface area contributed by atoms with E-state index in [0.717, 1.165) is 32.0 Å². The molecule has 1 unspecified atom stereocenters. The molecule has 1 atom stereocenters. The van der Waals surface area contributed by atoms with Crippen molar-refractivity contribution in [1.82, 2.24) is 5.32 Å². The van der Waals surface area contributed by atoms with Gasteiger partial charge in [0.2, 0.25) is 0 Å². The summed E-state index contributed by atoms with van der Waals surface area (Å²) < 4.78 is 0. The minimum absolute atomic E-state index is 0.290. The van der Waals surface area contributed by atoms with Crippen LogP contribution in [0.2, 0.25) is 0 Å². The van der Waals surface area contributed by atoms with Crippen molar-refractivity contribution in [1.29, 1.82) is 0 Å². The third-order valence-electron chi connectivity index (χ3n) is 2.63. The monoisotopic (exact) mass is 186 g/mol. The molecule has 1 aliphatic rings. The average molecular weight is 186 g/mol. The number of nitrogens with two attached hydrogens (primary N) is 1. The summed E-state index contributed by atoms with van der Waals surface area (Å²) in [6.07, 6.45) is 5.17. The number of nitrogens with one attached hydrogen (secondary N) is 1. The molecule has 0 aliphatic heterocycles. The maximum atomic E-state index is 10.9. The number of hydrogen-bond donors (Lipinski definition) is 3. The zero-order valence-electron chi connectivity index (χ0n) is 7.83. The van der Waals surface area contributed by atoms with Gasteiger partial charge in [-0.25, -0.2) is 0 Å². The molecule has 1 aliphatic carbocycles. The molecule has 0 aromatic carbocycles. The maximum Gasteiger partial charge on any atom is 0.140 e. The van der Waals surface area contributed by atoms with Crippen LogP contribution in [0, 0.1) is 0 Å². The molecule has 0 heterocycles. The topological polar surface area (TPSA) is 75.3 Å². The number of β-amino-alcohol motifs (C(OH)–C–C–N with tert-alkyl or cyclic N) is 1. The predicted octanol–water partition coefficient (Wildman–Crippen LogP) is -0.245. The standard InChI is InChI=1S/C9H18N2O2/c10-8(13)6-11-9(7-12)4-2-1-3-5-9/h7-8,11,13H,1-6,10H2. The van der Waals surface area contributed by atoms with Crippen LogP contribution in [-0.2, 0) is 4.79 Å². The Labute approximate surface area is 78.5 Å². The van der Waals surface area contributed by atoms with E-state index < -0.39 is 11.8 Å². The van der Waals surface area contributed by atoms with E-state index in [0.29, 0.717) is 6.54 Å². The van der Waals surface area contributed by atoms with Crippen molar-refractivity contribution in [2.24, 2.45) is 5.73 Å². The summed E-state index contributed by atoms with van der Waals surface area (Å²) in [5, 5.41) is 11.9. The number of aliphatic hydroxyl groups is 1. The van der Waals surface area contributed by atoms with Crippen molar-refractivity contribution < 1.29 is 9.90 Å². The second kappa shape index (κ2) is 4.69. The highest BCUT2D eigenvalue weighted by atomic mass is 16.3. The highest BCUT2D eigenvalue weighted by molar-refractivity contribution is 5.64. The van der Waals surface area contributed by atoms with Crippen LogP contribution in [0.5, 0.6) is 0 Å². The van der Waals surface area contributed by atoms with E-state index in [4.69, 9.17) is 10.8 Å². The Morgan fingerprint density at radius 1 is 1.46 bits per heavy atom. The molecule has 0 aromatic heterocycles. The lowest BCUT2D eigenvalue weighted by molar-refractivity contribution is -0.114. The van der Waals surface area contributed by atoms with Crippen molar-refractivity contribution >= 4 is 6.29 Å². The summed E-state index contributed by atoms with van der Waals surface area (Å²) >= 11 is 0. The third kappa shape index (κ3) is 3.06. The third-order valence-corrected chi connectivity index (χ3v) is 2.63. The summed E-state index contributed by atoms with van der Waals surface area (Å²) in [4.78, 5) is 10.9. The lowest BCUT2D eigenvalue weighted by atomic mass is 9.83. The molecule has 0 bridgehead atoms. The minimum atomic E-state index is -0.876. The molecule has 0 amide bonds. The smallest absolute Gasteiger partial charge is 0.140 e. The Morgan fingerprint density at radius 2 is 2.08 bits per heavy atom. The number of rotatable bonds is 4. The first-order chi connectivity index (χ1) is 6.18. The molecule has 4 N–H and O–H groups in total.